The molecule has 0 unspecified atom stereocenters. The van der Waals surface area contributed by atoms with Crippen molar-refractivity contribution in [2.45, 2.75) is 25.2 Å². The van der Waals surface area contributed by atoms with Crippen molar-refractivity contribution in [3.8, 4) is 0 Å². The van der Waals surface area contributed by atoms with Crippen molar-refractivity contribution in [2.75, 3.05) is 32.8 Å². The van der Waals surface area contributed by atoms with E-state index < -0.39 is 21.4 Å². The molecule has 1 saturated heterocycles. The average Bonchev–Trinajstić information content (AvgIpc) is 2.70. The van der Waals surface area contributed by atoms with Gasteiger partial charge in [0.05, 0.1) is 23.6 Å². The minimum absolute atomic E-state index is 0.00433. The number of ether oxygens (including phenoxy) is 1. The molecule has 1 aliphatic rings. The fraction of sp³-hybridized carbons (Fsp3) is 0.500. The van der Waals surface area contributed by atoms with Gasteiger partial charge in [-0.15, -0.1) is 0 Å². The number of aryl methyl sites for hydroxylation is 1. The van der Waals surface area contributed by atoms with E-state index in [9.17, 15) is 18.0 Å². The van der Waals surface area contributed by atoms with E-state index in [4.69, 9.17) is 4.74 Å². The zero-order valence-corrected chi connectivity index (χ0v) is 17.8. The van der Waals surface area contributed by atoms with Crippen molar-refractivity contribution in [3.63, 3.8) is 0 Å². The number of rotatable bonds is 6. The molecule has 9 heteroatoms. The third kappa shape index (κ3) is 4.52. The van der Waals surface area contributed by atoms with E-state index in [0.717, 1.165) is 6.42 Å². The molecule has 8 nitrogen and oxygen atoms in total. The lowest BCUT2D eigenvalue weighted by atomic mass is 10.1. The summed E-state index contributed by atoms with van der Waals surface area (Å²) in [5.41, 5.74) is 0.0958. The maximum absolute atomic E-state index is 13.0. The van der Waals surface area contributed by atoms with Crippen LogP contribution in [-0.4, -0.2) is 56.0 Å². The van der Waals surface area contributed by atoms with Gasteiger partial charge in [-0.25, -0.2) is 8.42 Å². The topological polar surface area (TPSA) is 97.7 Å². The quantitative estimate of drug-likeness (QED) is 0.759. The number of sulfonamides is 1. The van der Waals surface area contributed by atoms with Crippen LogP contribution in [0.4, 0.5) is 0 Å². The molecule has 0 bridgehead atoms. The largest absolute Gasteiger partial charge is 0.379 e. The SMILES string of the molecule is CC(C)CCNC(=O)c1cn(C)c2ccc(S(=O)(=O)N3CCOCC3)cc2c1=O. The summed E-state index contributed by atoms with van der Waals surface area (Å²) in [5, 5.41) is 2.97. The van der Waals surface area contributed by atoms with Gasteiger partial charge in [0.25, 0.3) is 5.91 Å². The van der Waals surface area contributed by atoms with Crippen LogP contribution in [0, 0.1) is 5.92 Å². The van der Waals surface area contributed by atoms with Crippen LogP contribution in [-0.2, 0) is 21.8 Å². The first kappa shape index (κ1) is 21.5. The summed E-state index contributed by atoms with van der Waals surface area (Å²) in [6.07, 6.45) is 2.30. The normalized spacial score (nSPS) is 15.7. The van der Waals surface area contributed by atoms with Crippen LogP contribution < -0.4 is 10.7 Å². The standard InChI is InChI=1S/C20H27N3O5S/c1-14(2)6-7-21-20(25)17-13-22(3)18-5-4-15(12-16(18)19(17)24)29(26,27)23-8-10-28-11-9-23/h4-5,12-14H,6-11H2,1-3H3,(H,21,25). The number of carbonyl (C=O) groups excluding carboxylic acids is 1. The molecule has 0 aliphatic carbocycles. The molecule has 29 heavy (non-hydrogen) atoms. The predicted octanol–water partition coefficient (Wildman–Crippen LogP) is 1.34. The number of nitrogens with zero attached hydrogens (tertiary/aromatic N) is 2. The lowest BCUT2D eigenvalue weighted by Crippen LogP contribution is -2.40. The maximum Gasteiger partial charge on any atom is 0.256 e. The first-order chi connectivity index (χ1) is 13.7. The van der Waals surface area contributed by atoms with Crippen LogP contribution in [0.25, 0.3) is 10.9 Å². The van der Waals surface area contributed by atoms with Gasteiger partial charge in [-0.2, -0.15) is 4.31 Å². The van der Waals surface area contributed by atoms with E-state index in [1.54, 1.807) is 17.7 Å². The Balaban J connectivity index is 2.00. The van der Waals surface area contributed by atoms with Crippen molar-refractivity contribution in [1.82, 2.24) is 14.2 Å². The van der Waals surface area contributed by atoms with E-state index in [1.165, 1.54) is 22.6 Å². The van der Waals surface area contributed by atoms with E-state index >= 15 is 0 Å². The number of hydrogen-bond acceptors (Lipinski definition) is 5. The van der Waals surface area contributed by atoms with Gasteiger partial charge in [0.15, 0.2) is 0 Å². The van der Waals surface area contributed by atoms with E-state index in [0.29, 0.717) is 31.2 Å². The number of carbonyl (C=O) groups is 1. The second kappa shape index (κ2) is 8.64. The number of aromatic nitrogens is 1. The summed E-state index contributed by atoms with van der Waals surface area (Å²) in [7, 11) is -2.01. The third-order valence-corrected chi connectivity index (χ3v) is 6.91. The van der Waals surface area contributed by atoms with Crippen molar-refractivity contribution in [1.29, 1.82) is 0 Å². The number of morpholine rings is 1. The van der Waals surface area contributed by atoms with E-state index in [1.807, 2.05) is 0 Å². The second-order valence-corrected chi connectivity index (χ2v) is 9.55. The Labute approximate surface area is 170 Å². The predicted molar refractivity (Wildman–Crippen MR) is 111 cm³/mol. The number of fused-ring (bicyclic) bond motifs is 1. The molecular weight excluding hydrogens is 394 g/mol. The molecule has 0 spiro atoms. The number of pyridine rings is 1. The number of benzene rings is 1. The van der Waals surface area contributed by atoms with Gasteiger partial charge in [0, 0.05) is 38.3 Å². The minimum atomic E-state index is -3.74. The van der Waals surface area contributed by atoms with Gasteiger partial charge in [-0.1, -0.05) is 13.8 Å². The summed E-state index contributed by atoms with van der Waals surface area (Å²) < 4.78 is 34.1. The minimum Gasteiger partial charge on any atom is -0.379 e. The Kier molecular flexibility index (Phi) is 6.40. The van der Waals surface area contributed by atoms with Gasteiger partial charge in [-0.05, 0) is 30.5 Å². The van der Waals surface area contributed by atoms with Gasteiger partial charge in [0.1, 0.15) is 5.56 Å². The Morgan fingerprint density at radius 2 is 1.93 bits per heavy atom. The Bertz CT molecular complexity index is 1070. The van der Waals surface area contributed by atoms with Crippen LogP contribution in [0.15, 0.2) is 34.1 Å². The monoisotopic (exact) mass is 421 g/mol. The highest BCUT2D eigenvalue weighted by molar-refractivity contribution is 7.89. The average molecular weight is 422 g/mol. The molecule has 1 aliphatic heterocycles. The highest BCUT2D eigenvalue weighted by Gasteiger charge is 2.27. The maximum atomic E-state index is 13.0. The highest BCUT2D eigenvalue weighted by Crippen LogP contribution is 2.21. The number of amides is 1. The van der Waals surface area contributed by atoms with Gasteiger partial charge in [-0.3, -0.25) is 9.59 Å². The lowest BCUT2D eigenvalue weighted by Gasteiger charge is -2.26. The van der Waals surface area contributed by atoms with Crippen LogP contribution in [0.1, 0.15) is 30.6 Å². The molecule has 1 aromatic heterocycles. The smallest absolute Gasteiger partial charge is 0.256 e. The molecule has 1 fully saturated rings. The fourth-order valence-electron chi connectivity index (χ4n) is 3.30. The van der Waals surface area contributed by atoms with Crippen LogP contribution in [0.5, 0.6) is 0 Å². The first-order valence-electron chi connectivity index (χ1n) is 9.71. The highest BCUT2D eigenvalue weighted by atomic mass is 32.2. The molecule has 158 valence electrons. The Morgan fingerprint density at radius 1 is 1.24 bits per heavy atom. The second-order valence-electron chi connectivity index (χ2n) is 7.62. The van der Waals surface area contributed by atoms with Gasteiger partial charge < -0.3 is 14.6 Å². The molecule has 1 N–H and O–H groups in total. The Hall–Kier alpha value is -2.23. The number of hydrogen-bond donors (Lipinski definition) is 1. The van der Waals surface area contributed by atoms with Gasteiger partial charge in [0.2, 0.25) is 15.5 Å². The molecule has 0 atom stereocenters. The molecule has 1 amide bonds. The third-order valence-electron chi connectivity index (χ3n) is 5.02. The Morgan fingerprint density at radius 3 is 2.59 bits per heavy atom. The molecule has 2 aromatic rings. The molecular formula is C20H27N3O5S. The summed E-state index contributed by atoms with van der Waals surface area (Å²) in [5.74, 6) is -0.0164. The molecule has 3 rings (SSSR count). The molecule has 2 heterocycles. The van der Waals surface area contributed by atoms with Crippen molar-refractivity contribution < 1.29 is 17.9 Å². The van der Waals surface area contributed by atoms with Crippen LogP contribution >= 0.6 is 0 Å². The molecule has 1 aromatic carbocycles. The van der Waals surface area contributed by atoms with Crippen molar-refractivity contribution in [2.24, 2.45) is 13.0 Å². The van der Waals surface area contributed by atoms with Crippen LogP contribution in [0.3, 0.4) is 0 Å². The zero-order valence-electron chi connectivity index (χ0n) is 17.0. The first-order valence-corrected chi connectivity index (χ1v) is 11.2. The summed E-state index contributed by atoms with van der Waals surface area (Å²) in [4.78, 5) is 25.5. The fourth-order valence-corrected chi connectivity index (χ4v) is 4.73. The van der Waals surface area contributed by atoms with E-state index in [2.05, 4.69) is 19.2 Å². The summed E-state index contributed by atoms with van der Waals surface area (Å²) >= 11 is 0. The summed E-state index contributed by atoms with van der Waals surface area (Å²) in [6, 6.07) is 4.47. The van der Waals surface area contributed by atoms with Gasteiger partial charge >= 0.3 is 0 Å². The van der Waals surface area contributed by atoms with Crippen LogP contribution in [0.2, 0.25) is 0 Å². The summed E-state index contributed by atoms with van der Waals surface area (Å²) in [6.45, 7) is 5.82. The molecule has 0 saturated carbocycles. The van der Waals surface area contributed by atoms with Crippen molar-refractivity contribution in [3.05, 3.63) is 40.2 Å². The number of nitrogens with one attached hydrogen (secondary N) is 1. The van der Waals surface area contributed by atoms with Crippen molar-refractivity contribution >= 4 is 26.8 Å². The molecule has 0 radical (unpaired) electrons. The van der Waals surface area contributed by atoms with E-state index in [-0.39, 0.29) is 28.9 Å². The lowest BCUT2D eigenvalue weighted by molar-refractivity contribution is 0.0730. The zero-order chi connectivity index (χ0) is 21.2.